The number of ether oxygens (including phenoxy) is 1. The first kappa shape index (κ1) is 39.0. The molecule has 0 bridgehead atoms. The topological polar surface area (TPSA) is 124 Å². The van der Waals surface area contributed by atoms with Crippen molar-refractivity contribution < 1.29 is 31.8 Å². The second kappa shape index (κ2) is 16.0. The highest BCUT2D eigenvalue weighted by Crippen LogP contribution is 2.37. The number of rotatable bonds is 16. The van der Waals surface area contributed by atoms with E-state index in [2.05, 4.69) is 55.4 Å². The van der Waals surface area contributed by atoms with Gasteiger partial charge in [-0.2, -0.15) is 0 Å². The maximum atomic E-state index is 13.9. The van der Waals surface area contributed by atoms with Crippen molar-refractivity contribution in [1.82, 2.24) is 15.2 Å². The molecule has 0 saturated heterocycles. The smallest absolute Gasteiger partial charge is 0.251 e. The molecule has 10 nitrogen and oxygen atoms in total. The zero-order chi connectivity index (χ0) is 37.0. The lowest BCUT2D eigenvalue weighted by molar-refractivity contribution is 0.0576. The summed E-state index contributed by atoms with van der Waals surface area (Å²) in [4.78, 5) is 20.3. The Morgan fingerprint density at radius 3 is 2.34 bits per heavy atom. The van der Waals surface area contributed by atoms with E-state index in [0.717, 1.165) is 34.5 Å². The van der Waals surface area contributed by atoms with Crippen LogP contribution in [0.25, 0.3) is 0 Å². The van der Waals surface area contributed by atoms with Gasteiger partial charge in [0.2, 0.25) is 10.0 Å². The summed E-state index contributed by atoms with van der Waals surface area (Å²) < 4.78 is 60.7. The van der Waals surface area contributed by atoms with Crippen LogP contribution < -0.4 is 19.7 Å². The van der Waals surface area contributed by atoms with Crippen molar-refractivity contribution in [3.8, 4) is 5.75 Å². The van der Waals surface area contributed by atoms with Gasteiger partial charge in [-0.05, 0) is 67.8 Å². The summed E-state index contributed by atoms with van der Waals surface area (Å²) in [5.74, 6) is -0.984. The molecule has 13 heteroatoms. The van der Waals surface area contributed by atoms with Crippen molar-refractivity contribution in [3.63, 3.8) is 0 Å². The normalized spacial score (nSPS) is 17.4. The molecule has 0 unspecified atom stereocenters. The number of nitrogens with one attached hydrogen (secondary N) is 2. The Morgan fingerprint density at radius 1 is 1.08 bits per heavy atom. The first-order valence-corrected chi connectivity index (χ1v) is 18.4. The van der Waals surface area contributed by atoms with E-state index in [0.29, 0.717) is 30.7 Å². The molecule has 4 rings (SSSR count). The maximum Gasteiger partial charge on any atom is 0.251 e. The van der Waals surface area contributed by atoms with Crippen LogP contribution in [0.15, 0.2) is 54.6 Å². The number of carbonyl (C=O) groups is 1. The molecule has 50 heavy (non-hydrogen) atoms. The van der Waals surface area contributed by atoms with Crippen molar-refractivity contribution >= 4 is 27.6 Å². The molecule has 0 radical (unpaired) electrons. The van der Waals surface area contributed by atoms with Crippen LogP contribution in [0.1, 0.15) is 69.4 Å². The van der Waals surface area contributed by atoms with Crippen molar-refractivity contribution in [2.24, 2.45) is 11.8 Å². The molecule has 274 valence electrons. The van der Waals surface area contributed by atoms with E-state index >= 15 is 0 Å². The molecule has 3 aromatic rings. The summed E-state index contributed by atoms with van der Waals surface area (Å²) >= 11 is 0. The SMILES string of the molecule is CC(C)S(=O)(=O)N(C)c1cc(C(=O)N[C@@H](COc2cc(F)cc(F)c2)[C@@H](O)CN(C)Cc2cccc(C(C)(C)C)c2)cc(NC[C@H]2C[C@@H]2C)n1. The van der Waals surface area contributed by atoms with E-state index in [1.165, 1.54) is 24.7 Å². The van der Waals surface area contributed by atoms with Gasteiger partial charge in [0, 0.05) is 50.4 Å². The minimum absolute atomic E-state index is 0.0382. The van der Waals surface area contributed by atoms with Gasteiger partial charge in [0.15, 0.2) is 0 Å². The lowest BCUT2D eigenvalue weighted by Gasteiger charge is -2.29. The van der Waals surface area contributed by atoms with Crippen LogP contribution in [0.2, 0.25) is 0 Å². The predicted octanol–water partition coefficient (Wildman–Crippen LogP) is 5.57. The fourth-order valence-electron chi connectivity index (χ4n) is 5.52. The van der Waals surface area contributed by atoms with Gasteiger partial charge < -0.3 is 20.5 Å². The number of aromatic nitrogens is 1. The highest BCUT2D eigenvalue weighted by molar-refractivity contribution is 7.93. The molecule has 1 saturated carbocycles. The van der Waals surface area contributed by atoms with Crippen LogP contribution in [-0.2, 0) is 22.0 Å². The first-order chi connectivity index (χ1) is 23.3. The van der Waals surface area contributed by atoms with Crippen molar-refractivity contribution in [2.75, 3.05) is 43.4 Å². The molecule has 1 heterocycles. The molecular weight excluding hydrogens is 664 g/mol. The Morgan fingerprint density at radius 2 is 1.74 bits per heavy atom. The summed E-state index contributed by atoms with van der Waals surface area (Å²) in [6, 6.07) is 12.8. The molecule has 4 atom stereocenters. The molecule has 1 fully saturated rings. The summed E-state index contributed by atoms with van der Waals surface area (Å²) in [5, 5.41) is 16.8. The number of anilines is 2. The number of hydrogen-bond acceptors (Lipinski definition) is 8. The number of halogens is 2. The van der Waals surface area contributed by atoms with E-state index in [-0.39, 0.29) is 35.7 Å². The van der Waals surface area contributed by atoms with Gasteiger partial charge in [0.05, 0.1) is 17.4 Å². The van der Waals surface area contributed by atoms with Gasteiger partial charge in [-0.25, -0.2) is 22.2 Å². The van der Waals surface area contributed by atoms with E-state index in [1.54, 1.807) is 13.8 Å². The van der Waals surface area contributed by atoms with Crippen LogP contribution in [0, 0.1) is 23.5 Å². The first-order valence-electron chi connectivity index (χ1n) is 16.9. The number of sulfonamides is 1. The minimum Gasteiger partial charge on any atom is -0.491 e. The lowest BCUT2D eigenvalue weighted by atomic mass is 9.86. The minimum atomic E-state index is -3.77. The molecule has 1 aromatic heterocycles. The van der Waals surface area contributed by atoms with E-state index in [1.807, 2.05) is 24.1 Å². The van der Waals surface area contributed by atoms with Crippen LogP contribution in [0.3, 0.4) is 0 Å². The fourth-order valence-corrected chi connectivity index (χ4v) is 6.51. The quantitative estimate of drug-likeness (QED) is 0.176. The maximum absolute atomic E-state index is 13.9. The van der Waals surface area contributed by atoms with E-state index < -0.39 is 45.0 Å². The van der Waals surface area contributed by atoms with Gasteiger partial charge in [0.1, 0.15) is 35.6 Å². The van der Waals surface area contributed by atoms with Crippen LogP contribution in [0.5, 0.6) is 5.75 Å². The number of amides is 1. The molecule has 1 amide bonds. The van der Waals surface area contributed by atoms with E-state index in [4.69, 9.17) is 4.74 Å². The third-order valence-corrected chi connectivity index (χ3v) is 11.1. The molecular formula is C37H51F2N5O5S. The number of nitrogens with zero attached hydrogens (tertiary/aromatic N) is 3. The lowest BCUT2D eigenvalue weighted by Crippen LogP contribution is -2.50. The van der Waals surface area contributed by atoms with Crippen molar-refractivity contribution in [1.29, 1.82) is 0 Å². The van der Waals surface area contributed by atoms with Gasteiger partial charge >= 0.3 is 0 Å². The third kappa shape index (κ3) is 10.6. The monoisotopic (exact) mass is 715 g/mol. The second-order valence-corrected chi connectivity index (χ2v) is 17.2. The largest absolute Gasteiger partial charge is 0.491 e. The Labute approximate surface area is 295 Å². The fraction of sp³-hybridized carbons (Fsp3) is 0.514. The van der Waals surface area contributed by atoms with Crippen LogP contribution in [-0.4, -0.2) is 80.5 Å². The Bertz CT molecular complexity index is 1730. The zero-order valence-corrected chi connectivity index (χ0v) is 31.0. The van der Waals surface area contributed by atoms with Crippen LogP contribution in [0.4, 0.5) is 20.4 Å². The van der Waals surface area contributed by atoms with Gasteiger partial charge in [0.25, 0.3) is 5.91 Å². The third-order valence-electron chi connectivity index (χ3n) is 8.99. The highest BCUT2D eigenvalue weighted by atomic mass is 32.2. The van der Waals surface area contributed by atoms with Crippen molar-refractivity contribution in [2.45, 2.75) is 77.3 Å². The molecule has 1 aliphatic carbocycles. The zero-order valence-electron chi connectivity index (χ0n) is 30.2. The summed E-state index contributed by atoms with van der Waals surface area (Å²) in [5.41, 5.74) is 2.29. The number of benzene rings is 2. The average Bonchev–Trinajstić information content (AvgIpc) is 3.74. The Kier molecular flexibility index (Phi) is 12.5. The number of carbonyl (C=O) groups excluding carboxylic acids is 1. The summed E-state index contributed by atoms with van der Waals surface area (Å²) in [6.45, 7) is 12.6. The molecule has 0 aliphatic heterocycles. The molecule has 1 aliphatic rings. The summed E-state index contributed by atoms with van der Waals surface area (Å²) in [7, 11) is -0.538. The van der Waals surface area contributed by atoms with Gasteiger partial charge in [-0.1, -0.05) is 52.0 Å². The van der Waals surface area contributed by atoms with E-state index in [9.17, 15) is 27.1 Å². The second-order valence-electron chi connectivity index (χ2n) is 14.7. The van der Waals surface area contributed by atoms with Gasteiger partial charge in [-0.15, -0.1) is 0 Å². The van der Waals surface area contributed by atoms with Crippen molar-refractivity contribution in [3.05, 3.63) is 82.9 Å². The number of hydrogen-bond donors (Lipinski definition) is 3. The summed E-state index contributed by atoms with van der Waals surface area (Å²) in [6.07, 6.45) is -0.111. The number of aliphatic hydroxyl groups is 1. The highest BCUT2D eigenvalue weighted by Gasteiger charge is 2.32. The number of aliphatic hydroxyl groups excluding tert-OH is 1. The standard InChI is InChI=1S/C37H51F2N5O5S/c1-23(2)50(47,48)44(8)35-15-26(14-34(42-35)40-19-27-12-24(27)3)36(46)41-32(22-49-31-17-29(38)16-30(39)18-31)33(45)21-43(7)20-25-10-9-11-28(13-25)37(4,5)6/h9-11,13-18,23-24,27,32-33,45H,12,19-22H2,1-8H3,(H,40,42)(H,41,46)/t24-,27+,32-,33-/m0/s1. The average molecular weight is 716 g/mol. The Balaban J connectivity index is 1.59. The number of likely N-dealkylation sites (N-methyl/N-ethyl adjacent to an activating group) is 1. The molecule has 0 spiro atoms. The predicted molar refractivity (Wildman–Crippen MR) is 193 cm³/mol. The molecule has 3 N–H and O–H groups in total. The Hall–Kier alpha value is -3.81. The number of pyridine rings is 1. The van der Waals surface area contributed by atoms with Crippen LogP contribution >= 0.6 is 0 Å². The molecule has 2 aromatic carbocycles. The van der Waals surface area contributed by atoms with Gasteiger partial charge in [-0.3, -0.25) is 14.0 Å².